The van der Waals surface area contributed by atoms with Crippen LogP contribution in [0.1, 0.15) is 37.2 Å². The molecule has 1 aromatic rings. The van der Waals surface area contributed by atoms with Crippen LogP contribution in [0.25, 0.3) is 0 Å². The Morgan fingerprint density at radius 2 is 2.37 bits per heavy atom. The summed E-state index contributed by atoms with van der Waals surface area (Å²) in [6, 6.07) is 2.29. The van der Waals surface area contributed by atoms with Gasteiger partial charge in [-0.15, -0.1) is 0 Å². The number of aromatic nitrogens is 2. The predicted molar refractivity (Wildman–Crippen MR) is 75.0 cm³/mol. The molecule has 1 aliphatic heterocycles. The summed E-state index contributed by atoms with van der Waals surface area (Å²) in [5.74, 6) is 0.669. The largest absolute Gasteiger partial charge is 0.337 e. The Hall–Kier alpha value is -1.36. The molecule has 5 nitrogen and oxygen atoms in total. The summed E-state index contributed by atoms with van der Waals surface area (Å²) in [5, 5.41) is 7.53. The second-order valence-electron chi connectivity index (χ2n) is 5.66. The standard InChI is InChI=1S/C14H24N4O/c1-11(2)15-9-12-5-4-8-18(10-12)14(19)13-6-7-16-17(13)3/h6-7,11-12,15H,4-5,8-10H2,1-3H3. The normalized spacial score (nSPS) is 20.0. The third-order valence-electron chi connectivity index (χ3n) is 3.66. The van der Waals surface area contributed by atoms with Crippen molar-refractivity contribution in [3.8, 4) is 0 Å². The Bertz CT molecular complexity index is 427. The SMILES string of the molecule is CC(C)NCC1CCCN(C(=O)c2ccnn2C)C1. The molecule has 1 atom stereocenters. The molecule has 0 aliphatic carbocycles. The molecule has 1 aromatic heterocycles. The van der Waals surface area contributed by atoms with Crippen LogP contribution in [0.4, 0.5) is 0 Å². The van der Waals surface area contributed by atoms with E-state index in [4.69, 9.17) is 0 Å². The molecular formula is C14H24N4O. The fraction of sp³-hybridized carbons (Fsp3) is 0.714. The van der Waals surface area contributed by atoms with Crippen LogP contribution in [-0.2, 0) is 7.05 Å². The third kappa shape index (κ3) is 3.56. The lowest BCUT2D eigenvalue weighted by molar-refractivity contribution is 0.0661. The second-order valence-corrected chi connectivity index (χ2v) is 5.66. The highest BCUT2D eigenvalue weighted by atomic mass is 16.2. The fourth-order valence-corrected chi connectivity index (χ4v) is 2.56. The number of nitrogens with one attached hydrogen (secondary N) is 1. The second kappa shape index (κ2) is 6.19. The first-order chi connectivity index (χ1) is 9.08. The lowest BCUT2D eigenvalue weighted by Gasteiger charge is -2.33. The van der Waals surface area contributed by atoms with E-state index < -0.39 is 0 Å². The highest BCUT2D eigenvalue weighted by Crippen LogP contribution is 2.18. The summed E-state index contributed by atoms with van der Waals surface area (Å²) in [4.78, 5) is 14.4. The van der Waals surface area contributed by atoms with Crippen molar-refractivity contribution in [3.05, 3.63) is 18.0 Å². The first-order valence-electron chi connectivity index (χ1n) is 7.08. The maximum atomic E-state index is 12.4. The molecule has 1 amide bonds. The number of hydrogen-bond donors (Lipinski definition) is 1. The van der Waals surface area contributed by atoms with Crippen LogP contribution in [0.2, 0.25) is 0 Å². The van der Waals surface area contributed by atoms with Crippen molar-refractivity contribution in [3.63, 3.8) is 0 Å². The molecule has 0 spiro atoms. The highest BCUT2D eigenvalue weighted by Gasteiger charge is 2.25. The zero-order chi connectivity index (χ0) is 13.8. The molecule has 19 heavy (non-hydrogen) atoms. The summed E-state index contributed by atoms with van der Waals surface area (Å²) < 4.78 is 1.65. The quantitative estimate of drug-likeness (QED) is 0.891. The van der Waals surface area contributed by atoms with Crippen LogP contribution in [0.3, 0.4) is 0 Å². The molecule has 0 aromatic carbocycles. The van der Waals surface area contributed by atoms with Crippen LogP contribution >= 0.6 is 0 Å². The van der Waals surface area contributed by atoms with Crippen molar-refractivity contribution in [1.29, 1.82) is 0 Å². The van der Waals surface area contributed by atoms with Crippen LogP contribution in [-0.4, -0.2) is 46.3 Å². The van der Waals surface area contributed by atoms with E-state index in [1.165, 1.54) is 6.42 Å². The van der Waals surface area contributed by atoms with Gasteiger partial charge in [-0.25, -0.2) is 0 Å². The maximum Gasteiger partial charge on any atom is 0.272 e. The first kappa shape index (κ1) is 14.1. The number of carbonyl (C=O) groups excluding carboxylic acids is 1. The Labute approximate surface area is 115 Å². The van der Waals surface area contributed by atoms with Crippen LogP contribution < -0.4 is 5.32 Å². The minimum absolute atomic E-state index is 0.106. The van der Waals surface area contributed by atoms with Crippen molar-refractivity contribution < 1.29 is 4.79 Å². The van der Waals surface area contributed by atoms with E-state index >= 15 is 0 Å². The maximum absolute atomic E-state index is 12.4. The summed E-state index contributed by atoms with van der Waals surface area (Å²) in [5.41, 5.74) is 0.678. The molecule has 5 heteroatoms. The molecule has 1 unspecified atom stereocenters. The van der Waals surface area contributed by atoms with Gasteiger partial charge in [-0.05, 0) is 31.4 Å². The van der Waals surface area contributed by atoms with Gasteiger partial charge in [0.1, 0.15) is 5.69 Å². The molecule has 0 radical (unpaired) electrons. The average molecular weight is 264 g/mol. The minimum Gasteiger partial charge on any atom is -0.337 e. The molecule has 0 bridgehead atoms. The fourth-order valence-electron chi connectivity index (χ4n) is 2.56. The first-order valence-corrected chi connectivity index (χ1v) is 7.08. The number of rotatable bonds is 4. The van der Waals surface area contributed by atoms with E-state index in [2.05, 4.69) is 24.3 Å². The molecule has 2 rings (SSSR count). The Morgan fingerprint density at radius 3 is 3.00 bits per heavy atom. The van der Waals surface area contributed by atoms with Gasteiger partial charge in [0.2, 0.25) is 0 Å². The van der Waals surface area contributed by atoms with Crippen LogP contribution in [0.15, 0.2) is 12.3 Å². The number of amides is 1. The monoisotopic (exact) mass is 264 g/mol. The van der Waals surface area contributed by atoms with Crippen LogP contribution in [0, 0.1) is 5.92 Å². The van der Waals surface area contributed by atoms with E-state index in [1.54, 1.807) is 16.9 Å². The van der Waals surface area contributed by atoms with Crippen LogP contribution in [0.5, 0.6) is 0 Å². The number of piperidine rings is 1. The smallest absolute Gasteiger partial charge is 0.272 e. The molecule has 106 valence electrons. The predicted octanol–water partition coefficient (Wildman–Crippen LogP) is 1.27. The zero-order valence-electron chi connectivity index (χ0n) is 12.1. The topological polar surface area (TPSA) is 50.2 Å². The minimum atomic E-state index is 0.106. The van der Waals surface area contributed by atoms with Gasteiger partial charge >= 0.3 is 0 Å². The number of aryl methyl sites for hydroxylation is 1. The lowest BCUT2D eigenvalue weighted by atomic mass is 9.97. The van der Waals surface area contributed by atoms with Crippen molar-refractivity contribution >= 4 is 5.91 Å². The number of nitrogens with zero attached hydrogens (tertiary/aromatic N) is 3. The lowest BCUT2D eigenvalue weighted by Crippen LogP contribution is -2.44. The zero-order valence-corrected chi connectivity index (χ0v) is 12.1. The van der Waals surface area contributed by atoms with Crippen molar-refractivity contribution in [2.75, 3.05) is 19.6 Å². The molecule has 1 fully saturated rings. The Morgan fingerprint density at radius 1 is 1.58 bits per heavy atom. The van der Waals surface area contributed by atoms with Gasteiger partial charge in [0.25, 0.3) is 5.91 Å². The summed E-state index contributed by atoms with van der Waals surface area (Å²) >= 11 is 0. The Balaban J connectivity index is 1.94. The van der Waals surface area contributed by atoms with E-state index in [9.17, 15) is 4.79 Å². The molecular weight excluding hydrogens is 240 g/mol. The average Bonchev–Trinajstić information content (AvgIpc) is 2.82. The van der Waals surface area contributed by atoms with E-state index in [0.717, 1.165) is 26.1 Å². The van der Waals surface area contributed by atoms with E-state index in [0.29, 0.717) is 17.7 Å². The summed E-state index contributed by atoms with van der Waals surface area (Å²) in [6.45, 7) is 7.02. The summed E-state index contributed by atoms with van der Waals surface area (Å²) in [7, 11) is 1.81. The van der Waals surface area contributed by atoms with E-state index in [-0.39, 0.29) is 5.91 Å². The van der Waals surface area contributed by atoms with Gasteiger partial charge in [0.15, 0.2) is 0 Å². The molecule has 1 N–H and O–H groups in total. The van der Waals surface area contributed by atoms with Gasteiger partial charge in [-0.3, -0.25) is 9.48 Å². The van der Waals surface area contributed by atoms with Gasteiger partial charge in [-0.2, -0.15) is 5.10 Å². The number of carbonyl (C=O) groups is 1. The van der Waals surface area contributed by atoms with Gasteiger partial charge in [0, 0.05) is 32.4 Å². The number of hydrogen-bond acceptors (Lipinski definition) is 3. The molecule has 1 saturated heterocycles. The summed E-state index contributed by atoms with van der Waals surface area (Å²) in [6.07, 6.45) is 3.97. The van der Waals surface area contributed by atoms with Crippen molar-refractivity contribution in [2.45, 2.75) is 32.7 Å². The molecule has 0 saturated carbocycles. The van der Waals surface area contributed by atoms with Gasteiger partial charge in [-0.1, -0.05) is 13.8 Å². The number of likely N-dealkylation sites (tertiary alicyclic amines) is 1. The molecule has 2 heterocycles. The Kier molecular flexibility index (Phi) is 4.58. The van der Waals surface area contributed by atoms with Gasteiger partial charge in [0.05, 0.1) is 0 Å². The van der Waals surface area contributed by atoms with Crippen molar-refractivity contribution in [2.24, 2.45) is 13.0 Å². The highest BCUT2D eigenvalue weighted by molar-refractivity contribution is 5.92. The van der Waals surface area contributed by atoms with Gasteiger partial charge < -0.3 is 10.2 Å². The molecule has 1 aliphatic rings. The van der Waals surface area contributed by atoms with E-state index in [1.807, 2.05) is 11.9 Å². The third-order valence-corrected chi connectivity index (χ3v) is 3.66. The van der Waals surface area contributed by atoms with Crippen molar-refractivity contribution in [1.82, 2.24) is 20.0 Å².